The van der Waals surface area contributed by atoms with Crippen LogP contribution >= 0.6 is 0 Å². The van der Waals surface area contributed by atoms with Crippen molar-refractivity contribution in [2.75, 3.05) is 17.3 Å². The quantitative estimate of drug-likeness (QED) is 0.651. The van der Waals surface area contributed by atoms with Gasteiger partial charge in [-0.25, -0.2) is 12.6 Å². The van der Waals surface area contributed by atoms with E-state index < -0.39 is 20.9 Å². The molecule has 0 aromatic heterocycles. The Balaban J connectivity index is 3.69. The van der Waals surface area contributed by atoms with Crippen LogP contribution in [0.5, 0.6) is 0 Å². The summed E-state index contributed by atoms with van der Waals surface area (Å²) in [5, 5.41) is 0. The largest absolute Gasteiger partial charge is 0.306 e. The van der Waals surface area contributed by atoms with Crippen LogP contribution in [0.2, 0.25) is 0 Å². The molecule has 0 rings (SSSR count). The van der Waals surface area contributed by atoms with Crippen molar-refractivity contribution in [1.82, 2.24) is 0 Å². The molecule has 0 fully saturated rings. The Labute approximate surface area is 75.6 Å². The summed E-state index contributed by atoms with van der Waals surface area (Å²) in [6.45, 7) is 1.79. The molecule has 1 atom stereocenters. The van der Waals surface area contributed by atoms with Crippen molar-refractivity contribution >= 4 is 20.9 Å². The maximum absolute atomic E-state index is 11.0. The third-order valence-electron chi connectivity index (χ3n) is 1.29. The molecule has 6 heteroatoms. The SMILES string of the molecule is CCCS(=O)(=O)CCCS(=O)O. The molecule has 0 saturated heterocycles. The Morgan fingerprint density at radius 2 is 1.92 bits per heavy atom. The number of rotatable bonds is 6. The summed E-state index contributed by atoms with van der Waals surface area (Å²) in [6.07, 6.45) is 0.871. The summed E-state index contributed by atoms with van der Waals surface area (Å²) in [5.41, 5.74) is 0. The first-order valence-corrected chi connectivity index (χ1v) is 6.85. The normalized spacial score (nSPS) is 14.5. The molecule has 4 nitrogen and oxygen atoms in total. The zero-order valence-corrected chi connectivity index (χ0v) is 8.66. The van der Waals surface area contributed by atoms with E-state index >= 15 is 0 Å². The molecule has 0 aliphatic carbocycles. The fourth-order valence-electron chi connectivity index (χ4n) is 0.815. The fourth-order valence-corrected chi connectivity index (χ4v) is 2.80. The first kappa shape index (κ1) is 12.1. The average Bonchev–Trinajstić information content (AvgIpc) is 1.85. The standard InChI is InChI=1S/C6H14O4S2/c1-2-5-12(9,10)6-3-4-11(7)8/h2-6H2,1H3,(H,7,8). The molecule has 0 aliphatic heterocycles. The summed E-state index contributed by atoms with van der Waals surface area (Å²) in [5.74, 6) is 0.237. The zero-order chi connectivity index (χ0) is 9.61. The van der Waals surface area contributed by atoms with Crippen molar-refractivity contribution in [3.05, 3.63) is 0 Å². The van der Waals surface area contributed by atoms with Crippen LogP contribution in [0.3, 0.4) is 0 Å². The van der Waals surface area contributed by atoms with Gasteiger partial charge in [-0.3, -0.25) is 0 Å². The molecule has 0 bridgehead atoms. The van der Waals surface area contributed by atoms with Crippen LogP contribution in [0, 0.1) is 0 Å². The van der Waals surface area contributed by atoms with Crippen molar-refractivity contribution in [2.24, 2.45) is 0 Å². The highest BCUT2D eigenvalue weighted by molar-refractivity contribution is 7.91. The highest BCUT2D eigenvalue weighted by atomic mass is 32.2. The summed E-state index contributed by atoms with van der Waals surface area (Å²) in [6, 6.07) is 0. The molecular formula is C6H14O4S2. The second-order valence-corrected chi connectivity index (χ2v) is 5.89. The van der Waals surface area contributed by atoms with Gasteiger partial charge in [0.2, 0.25) is 0 Å². The lowest BCUT2D eigenvalue weighted by molar-refractivity contribution is 0.562. The molecule has 1 unspecified atom stereocenters. The monoisotopic (exact) mass is 214 g/mol. The molecule has 0 aromatic carbocycles. The summed E-state index contributed by atoms with van der Waals surface area (Å²) in [4.78, 5) is 0. The van der Waals surface area contributed by atoms with Crippen molar-refractivity contribution in [2.45, 2.75) is 19.8 Å². The summed E-state index contributed by atoms with van der Waals surface area (Å²) >= 11 is -1.87. The van der Waals surface area contributed by atoms with Crippen molar-refractivity contribution in [3.63, 3.8) is 0 Å². The van der Waals surface area contributed by atoms with Gasteiger partial charge in [-0.2, -0.15) is 0 Å². The van der Waals surface area contributed by atoms with Crippen LogP contribution in [-0.4, -0.2) is 34.4 Å². The predicted octanol–water partition coefficient (Wildman–Crippen LogP) is 0.423. The molecule has 1 N–H and O–H groups in total. The van der Waals surface area contributed by atoms with Gasteiger partial charge in [-0.1, -0.05) is 6.92 Å². The first-order chi connectivity index (χ1) is 5.48. The second-order valence-electron chi connectivity index (χ2n) is 2.53. The smallest absolute Gasteiger partial charge is 0.152 e. The Bertz CT molecular complexity index is 232. The van der Waals surface area contributed by atoms with E-state index in [-0.39, 0.29) is 23.7 Å². The molecule has 12 heavy (non-hydrogen) atoms. The van der Waals surface area contributed by atoms with Crippen molar-refractivity contribution < 1.29 is 17.2 Å². The van der Waals surface area contributed by atoms with Gasteiger partial charge < -0.3 is 4.55 Å². The van der Waals surface area contributed by atoms with Gasteiger partial charge in [0.1, 0.15) is 9.84 Å². The first-order valence-electron chi connectivity index (χ1n) is 3.76. The van der Waals surface area contributed by atoms with E-state index in [0.29, 0.717) is 6.42 Å². The van der Waals surface area contributed by atoms with Gasteiger partial charge in [-0.05, 0) is 12.8 Å². The van der Waals surface area contributed by atoms with E-state index in [1.54, 1.807) is 6.92 Å². The molecule has 0 spiro atoms. The predicted molar refractivity (Wildman–Crippen MR) is 49.2 cm³/mol. The molecule has 74 valence electrons. The van der Waals surface area contributed by atoms with Gasteiger partial charge in [0, 0.05) is 5.75 Å². The van der Waals surface area contributed by atoms with Gasteiger partial charge in [0.15, 0.2) is 11.1 Å². The Morgan fingerprint density at radius 3 is 2.33 bits per heavy atom. The maximum atomic E-state index is 11.0. The van der Waals surface area contributed by atoms with Crippen LogP contribution in [0.4, 0.5) is 0 Å². The van der Waals surface area contributed by atoms with Crippen LogP contribution in [-0.2, 0) is 20.9 Å². The lowest BCUT2D eigenvalue weighted by atomic mass is 10.6. The van der Waals surface area contributed by atoms with Gasteiger partial charge >= 0.3 is 0 Å². The number of hydrogen-bond acceptors (Lipinski definition) is 3. The average molecular weight is 214 g/mol. The van der Waals surface area contributed by atoms with Crippen LogP contribution in [0.15, 0.2) is 0 Å². The van der Waals surface area contributed by atoms with Gasteiger partial charge in [0.25, 0.3) is 0 Å². The van der Waals surface area contributed by atoms with Gasteiger partial charge in [0.05, 0.1) is 11.5 Å². The van der Waals surface area contributed by atoms with E-state index in [1.807, 2.05) is 0 Å². The Kier molecular flexibility index (Phi) is 5.69. The zero-order valence-electron chi connectivity index (χ0n) is 7.02. The van der Waals surface area contributed by atoms with E-state index in [2.05, 4.69) is 0 Å². The molecule has 0 heterocycles. The number of hydrogen-bond donors (Lipinski definition) is 1. The lowest BCUT2D eigenvalue weighted by Gasteiger charge is -1.99. The third kappa shape index (κ3) is 6.75. The minimum absolute atomic E-state index is 0.0210. The molecule has 0 saturated carbocycles. The van der Waals surface area contributed by atoms with Gasteiger partial charge in [-0.15, -0.1) is 0 Å². The minimum Gasteiger partial charge on any atom is -0.306 e. The van der Waals surface area contributed by atoms with Crippen LogP contribution in [0.1, 0.15) is 19.8 Å². The van der Waals surface area contributed by atoms with E-state index in [9.17, 15) is 12.6 Å². The van der Waals surface area contributed by atoms with E-state index in [0.717, 1.165) is 0 Å². The molecule has 0 amide bonds. The highest BCUT2D eigenvalue weighted by Gasteiger charge is 2.08. The van der Waals surface area contributed by atoms with Crippen molar-refractivity contribution in [3.8, 4) is 0 Å². The molecular weight excluding hydrogens is 200 g/mol. The van der Waals surface area contributed by atoms with E-state index in [4.69, 9.17) is 4.55 Å². The molecule has 0 aromatic rings. The van der Waals surface area contributed by atoms with Crippen LogP contribution in [0.25, 0.3) is 0 Å². The lowest BCUT2D eigenvalue weighted by Crippen LogP contribution is -2.12. The van der Waals surface area contributed by atoms with Crippen LogP contribution < -0.4 is 0 Å². The number of sulfone groups is 1. The minimum atomic E-state index is -2.97. The third-order valence-corrected chi connectivity index (χ3v) is 3.87. The second kappa shape index (κ2) is 5.66. The Morgan fingerprint density at radius 1 is 1.33 bits per heavy atom. The molecule has 0 aliphatic rings. The Hall–Kier alpha value is 0.0600. The summed E-state index contributed by atoms with van der Waals surface area (Å²) < 4.78 is 40.6. The highest BCUT2D eigenvalue weighted by Crippen LogP contribution is 1.97. The van der Waals surface area contributed by atoms with E-state index in [1.165, 1.54) is 0 Å². The van der Waals surface area contributed by atoms with Crippen molar-refractivity contribution in [1.29, 1.82) is 0 Å². The summed E-state index contributed by atoms with van der Waals surface area (Å²) in [7, 11) is -2.97. The molecule has 0 radical (unpaired) electrons. The maximum Gasteiger partial charge on any atom is 0.152 e. The topological polar surface area (TPSA) is 71.4 Å². The fraction of sp³-hybridized carbons (Fsp3) is 1.00.